The van der Waals surface area contributed by atoms with E-state index in [1.807, 2.05) is 24.2 Å². The van der Waals surface area contributed by atoms with Gasteiger partial charge in [-0.05, 0) is 64.5 Å². The number of anilines is 2. The molecule has 0 saturated carbocycles. The fourth-order valence-electron chi connectivity index (χ4n) is 6.34. The fourth-order valence-corrected chi connectivity index (χ4v) is 6.34. The fraction of sp³-hybridized carbons (Fsp3) is 0.531. The van der Waals surface area contributed by atoms with E-state index in [9.17, 15) is 4.79 Å². The number of nitrogens with zero attached hydrogens (tertiary/aromatic N) is 5. The zero-order chi connectivity index (χ0) is 29.1. The summed E-state index contributed by atoms with van der Waals surface area (Å²) in [5.41, 5.74) is 13.3. The van der Waals surface area contributed by atoms with Gasteiger partial charge in [-0.2, -0.15) is 0 Å². The molecule has 1 aliphatic carbocycles. The number of hydrazine groups is 2. The molecular formula is C32H46N8O. The molecule has 1 fully saturated rings. The van der Waals surface area contributed by atoms with E-state index in [-0.39, 0.29) is 11.8 Å². The lowest BCUT2D eigenvalue weighted by molar-refractivity contribution is -0.112. The van der Waals surface area contributed by atoms with Gasteiger partial charge in [0.25, 0.3) is 5.91 Å². The Kier molecular flexibility index (Phi) is 8.94. The van der Waals surface area contributed by atoms with Gasteiger partial charge in [-0.25, -0.2) is 0 Å². The Balaban J connectivity index is 1.27. The lowest BCUT2D eigenvalue weighted by Gasteiger charge is -2.39. The normalized spacial score (nSPS) is 25.3. The summed E-state index contributed by atoms with van der Waals surface area (Å²) in [5, 5.41) is 5.01. The van der Waals surface area contributed by atoms with Gasteiger partial charge >= 0.3 is 0 Å². The van der Waals surface area contributed by atoms with Gasteiger partial charge in [0, 0.05) is 56.1 Å². The molecule has 3 aliphatic heterocycles. The third-order valence-electron chi connectivity index (χ3n) is 8.94. The summed E-state index contributed by atoms with van der Waals surface area (Å²) in [6.07, 6.45) is 14.2. The second-order valence-corrected chi connectivity index (χ2v) is 12.1. The van der Waals surface area contributed by atoms with Gasteiger partial charge in [-0.15, -0.1) is 5.53 Å². The van der Waals surface area contributed by atoms with Crippen LogP contribution in [0.3, 0.4) is 0 Å². The van der Waals surface area contributed by atoms with Crippen LogP contribution in [0.5, 0.6) is 0 Å². The molecule has 1 aromatic rings. The van der Waals surface area contributed by atoms with Crippen LogP contribution in [0.15, 0.2) is 64.2 Å². The third kappa shape index (κ3) is 6.57. The van der Waals surface area contributed by atoms with Gasteiger partial charge in [0.15, 0.2) is 0 Å². The molecule has 0 bridgehead atoms. The van der Waals surface area contributed by atoms with Crippen molar-refractivity contribution in [1.82, 2.24) is 25.7 Å². The van der Waals surface area contributed by atoms with Gasteiger partial charge in [0.1, 0.15) is 0 Å². The van der Waals surface area contributed by atoms with E-state index < -0.39 is 0 Å². The molecule has 2 unspecified atom stereocenters. The third-order valence-corrected chi connectivity index (χ3v) is 8.94. The van der Waals surface area contributed by atoms with Crippen molar-refractivity contribution in [3.63, 3.8) is 0 Å². The summed E-state index contributed by atoms with van der Waals surface area (Å²) >= 11 is 0. The van der Waals surface area contributed by atoms with Crippen LogP contribution in [0.2, 0.25) is 0 Å². The summed E-state index contributed by atoms with van der Waals surface area (Å²) in [5.74, 6) is 1.09. The van der Waals surface area contributed by atoms with E-state index in [4.69, 9.17) is 4.99 Å². The van der Waals surface area contributed by atoms with E-state index in [0.717, 1.165) is 61.7 Å². The number of piperazine rings is 1. The van der Waals surface area contributed by atoms with E-state index in [1.165, 1.54) is 11.3 Å². The van der Waals surface area contributed by atoms with Gasteiger partial charge in [-0.1, -0.05) is 31.6 Å². The first kappa shape index (κ1) is 29.1. The van der Waals surface area contributed by atoms with E-state index in [1.54, 1.807) is 6.20 Å². The highest BCUT2D eigenvalue weighted by Crippen LogP contribution is 2.32. The van der Waals surface area contributed by atoms with Gasteiger partial charge in [-0.3, -0.25) is 24.7 Å². The molecule has 1 saturated heterocycles. The number of amides is 1. The molecule has 1 aromatic heterocycles. The first-order chi connectivity index (χ1) is 19.7. The van der Waals surface area contributed by atoms with Crippen LogP contribution in [0.4, 0.5) is 11.4 Å². The first-order valence-corrected chi connectivity index (χ1v) is 15.1. The maximum absolute atomic E-state index is 13.2. The van der Waals surface area contributed by atoms with Crippen LogP contribution >= 0.6 is 0 Å². The SMILES string of the molecule is CC[C@H]1C(C)=CC(C(=O)Nc2cnc(C)c(N3C=C(C4C=C(N5CCN(C(C)C)CC5)C=NC4)NN3)c2)=CCC1C. The minimum absolute atomic E-state index is 0.0967. The Bertz CT molecular complexity index is 1280. The van der Waals surface area contributed by atoms with Gasteiger partial charge in [0.2, 0.25) is 0 Å². The van der Waals surface area contributed by atoms with Crippen LogP contribution < -0.4 is 21.3 Å². The van der Waals surface area contributed by atoms with Crippen molar-refractivity contribution in [2.75, 3.05) is 43.0 Å². The zero-order valence-corrected chi connectivity index (χ0v) is 25.4. The lowest BCUT2D eigenvalue weighted by atomic mass is 9.85. The number of aliphatic imine (C=N–C) groups is 1. The highest BCUT2D eigenvalue weighted by atomic mass is 16.1. The van der Waals surface area contributed by atoms with Crippen molar-refractivity contribution in [3.05, 3.63) is 64.9 Å². The van der Waals surface area contributed by atoms with Crippen molar-refractivity contribution in [1.29, 1.82) is 0 Å². The van der Waals surface area contributed by atoms with Crippen molar-refractivity contribution < 1.29 is 4.79 Å². The Morgan fingerprint density at radius 2 is 1.98 bits per heavy atom. The zero-order valence-electron chi connectivity index (χ0n) is 25.4. The number of nitrogens with one attached hydrogen (secondary N) is 3. The average Bonchev–Trinajstić information content (AvgIpc) is 3.41. The molecule has 1 amide bonds. The average molecular weight is 559 g/mol. The summed E-state index contributed by atoms with van der Waals surface area (Å²) in [4.78, 5) is 27.5. The molecule has 41 heavy (non-hydrogen) atoms. The number of pyridine rings is 1. The highest BCUT2D eigenvalue weighted by molar-refractivity contribution is 6.06. The van der Waals surface area contributed by atoms with Crippen LogP contribution in [-0.4, -0.2) is 65.7 Å². The van der Waals surface area contributed by atoms with Crippen molar-refractivity contribution >= 4 is 23.5 Å². The first-order valence-electron chi connectivity index (χ1n) is 15.1. The lowest BCUT2D eigenvalue weighted by Crippen LogP contribution is -2.48. The number of rotatable bonds is 7. The van der Waals surface area contributed by atoms with Gasteiger partial charge in [0.05, 0.1) is 41.2 Å². The molecule has 0 aromatic carbocycles. The Hall–Kier alpha value is -3.43. The minimum Gasteiger partial charge on any atom is -0.368 e. The molecule has 3 N–H and O–H groups in total. The van der Waals surface area contributed by atoms with E-state index in [0.29, 0.717) is 30.1 Å². The number of carbonyl (C=O) groups excluding carboxylic acids is 1. The number of hydrogen-bond donors (Lipinski definition) is 3. The Labute approximate surface area is 245 Å². The smallest absolute Gasteiger partial charge is 0.255 e. The van der Waals surface area contributed by atoms with E-state index in [2.05, 4.69) is 90.1 Å². The summed E-state index contributed by atoms with van der Waals surface area (Å²) < 4.78 is 0. The monoisotopic (exact) mass is 558 g/mol. The number of hydrogen-bond acceptors (Lipinski definition) is 8. The van der Waals surface area contributed by atoms with Crippen molar-refractivity contribution in [2.24, 2.45) is 22.7 Å². The molecule has 9 heteroatoms. The topological polar surface area (TPSA) is 88.1 Å². The van der Waals surface area contributed by atoms with Crippen molar-refractivity contribution in [3.8, 4) is 0 Å². The van der Waals surface area contributed by atoms with Crippen LogP contribution in [0.1, 0.15) is 53.2 Å². The second kappa shape index (κ2) is 12.6. The minimum atomic E-state index is -0.0967. The predicted octanol–water partition coefficient (Wildman–Crippen LogP) is 4.55. The quantitative estimate of drug-likeness (QED) is 0.453. The highest BCUT2D eigenvalue weighted by Gasteiger charge is 2.26. The molecule has 220 valence electrons. The maximum Gasteiger partial charge on any atom is 0.255 e. The van der Waals surface area contributed by atoms with Crippen molar-refractivity contribution in [2.45, 2.75) is 60.4 Å². The van der Waals surface area contributed by atoms with Crippen LogP contribution in [-0.2, 0) is 4.79 Å². The standard InChI is InChI=1S/C32H46N8O/c1-7-29-22(4)8-9-25(14-23(29)5)32(41)35-27-16-31(24(6)34-18-27)40-20-30(36-37-40)26-15-28(19-33-17-26)39-12-10-38(11-13-39)21(2)3/h9,14-16,18-22,26,29,36-37H,7-8,10-13,17H2,1-6H3,(H,35,41)/t22?,26?,29-/m1/s1. The number of aromatic nitrogens is 1. The van der Waals surface area contributed by atoms with Crippen LogP contribution in [0, 0.1) is 24.7 Å². The number of aryl methyl sites for hydroxylation is 1. The number of carbonyl (C=O) groups is 1. The van der Waals surface area contributed by atoms with E-state index >= 15 is 0 Å². The molecule has 4 aliphatic rings. The molecule has 5 rings (SSSR count). The number of dihydropyridines is 1. The Morgan fingerprint density at radius 3 is 2.71 bits per heavy atom. The summed E-state index contributed by atoms with van der Waals surface area (Å²) in [6, 6.07) is 2.55. The molecular weight excluding hydrogens is 512 g/mol. The van der Waals surface area contributed by atoms with Crippen LogP contribution in [0.25, 0.3) is 0 Å². The maximum atomic E-state index is 13.2. The molecule has 0 spiro atoms. The van der Waals surface area contributed by atoms with Gasteiger partial charge < -0.3 is 15.6 Å². The predicted molar refractivity (Wildman–Crippen MR) is 167 cm³/mol. The largest absolute Gasteiger partial charge is 0.368 e. The summed E-state index contributed by atoms with van der Waals surface area (Å²) in [7, 11) is 0. The number of allylic oxidation sites excluding steroid dienone is 3. The molecule has 0 radical (unpaired) electrons. The molecule has 4 heterocycles. The summed E-state index contributed by atoms with van der Waals surface area (Å²) in [6.45, 7) is 18.0. The Morgan fingerprint density at radius 1 is 1.20 bits per heavy atom. The molecule has 3 atom stereocenters. The molecule has 9 nitrogen and oxygen atoms in total. The second-order valence-electron chi connectivity index (χ2n) is 12.1.